The smallest absolute Gasteiger partial charge is 0.146 e. The van der Waals surface area contributed by atoms with Gasteiger partial charge in [-0.2, -0.15) is 0 Å². The predicted molar refractivity (Wildman–Crippen MR) is 77.5 cm³/mol. The van der Waals surface area contributed by atoms with Crippen LogP contribution in [0.4, 0.5) is 14.5 Å². The molecular formula is C16H18F2N2. The van der Waals surface area contributed by atoms with Crippen LogP contribution in [-0.4, -0.2) is 7.05 Å². The Balaban J connectivity index is 2.16. The summed E-state index contributed by atoms with van der Waals surface area (Å²) in [5.41, 5.74) is 7.92. The average Bonchev–Trinajstić information content (AvgIpc) is 2.41. The standard InChI is InChI=1S/C16H18F2N2/c1-11(19)13-5-8-16(15(18)9-13)20(2)10-12-3-6-14(17)7-4-12/h3-9,11H,10,19H2,1-2H3. The van der Waals surface area contributed by atoms with E-state index in [-0.39, 0.29) is 17.7 Å². The Morgan fingerprint density at radius 3 is 2.30 bits per heavy atom. The van der Waals surface area contributed by atoms with Crippen molar-refractivity contribution in [3.8, 4) is 0 Å². The van der Waals surface area contributed by atoms with Crippen LogP contribution in [0.2, 0.25) is 0 Å². The van der Waals surface area contributed by atoms with Gasteiger partial charge in [0.2, 0.25) is 0 Å². The Kier molecular flexibility index (Phi) is 4.35. The molecule has 1 unspecified atom stereocenters. The van der Waals surface area contributed by atoms with E-state index in [2.05, 4.69) is 0 Å². The van der Waals surface area contributed by atoms with E-state index >= 15 is 0 Å². The monoisotopic (exact) mass is 276 g/mol. The van der Waals surface area contributed by atoms with Crippen LogP contribution in [0.3, 0.4) is 0 Å². The quantitative estimate of drug-likeness (QED) is 0.924. The summed E-state index contributed by atoms with van der Waals surface area (Å²) in [6.45, 7) is 2.32. The van der Waals surface area contributed by atoms with Crippen molar-refractivity contribution >= 4 is 5.69 Å². The van der Waals surface area contributed by atoms with E-state index < -0.39 is 0 Å². The highest BCUT2D eigenvalue weighted by Crippen LogP contribution is 2.23. The number of nitrogens with zero attached hydrogens (tertiary/aromatic N) is 1. The van der Waals surface area contributed by atoms with Gasteiger partial charge >= 0.3 is 0 Å². The Hall–Kier alpha value is -1.94. The molecule has 106 valence electrons. The molecule has 2 rings (SSSR count). The molecule has 0 fully saturated rings. The molecule has 0 aliphatic carbocycles. The van der Waals surface area contributed by atoms with Crippen LogP contribution < -0.4 is 10.6 Å². The predicted octanol–water partition coefficient (Wildman–Crippen LogP) is 3.62. The van der Waals surface area contributed by atoms with Gasteiger partial charge in [-0.05, 0) is 42.3 Å². The Bertz CT molecular complexity index is 580. The zero-order valence-electron chi connectivity index (χ0n) is 11.6. The molecule has 1 atom stereocenters. The van der Waals surface area contributed by atoms with Gasteiger partial charge in [-0.25, -0.2) is 8.78 Å². The number of anilines is 1. The van der Waals surface area contributed by atoms with E-state index in [1.165, 1.54) is 18.2 Å². The molecule has 0 spiro atoms. The maximum Gasteiger partial charge on any atom is 0.146 e. The average molecular weight is 276 g/mol. The number of rotatable bonds is 4. The lowest BCUT2D eigenvalue weighted by atomic mass is 10.1. The van der Waals surface area contributed by atoms with E-state index in [1.807, 2.05) is 13.0 Å². The van der Waals surface area contributed by atoms with E-state index in [1.54, 1.807) is 30.1 Å². The second-order valence-electron chi connectivity index (χ2n) is 4.98. The highest BCUT2D eigenvalue weighted by molar-refractivity contribution is 5.49. The summed E-state index contributed by atoms with van der Waals surface area (Å²) in [5.74, 6) is -0.576. The molecule has 2 aromatic rings. The molecule has 2 nitrogen and oxygen atoms in total. The lowest BCUT2D eigenvalue weighted by molar-refractivity contribution is 0.616. The highest BCUT2D eigenvalue weighted by atomic mass is 19.1. The van der Waals surface area contributed by atoms with Gasteiger partial charge < -0.3 is 10.6 Å². The minimum Gasteiger partial charge on any atom is -0.368 e. The van der Waals surface area contributed by atoms with Gasteiger partial charge in [0.15, 0.2) is 0 Å². The molecule has 0 aliphatic heterocycles. The maximum atomic E-state index is 14.1. The molecule has 0 aliphatic rings. The van der Waals surface area contributed by atoms with Crippen LogP contribution in [0.5, 0.6) is 0 Å². The van der Waals surface area contributed by atoms with Crippen molar-refractivity contribution in [3.63, 3.8) is 0 Å². The van der Waals surface area contributed by atoms with Crippen molar-refractivity contribution < 1.29 is 8.78 Å². The minimum atomic E-state index is -0.301. The summed E-state index contributed by atoms with van der Waals surface area (Å²) in [6, 6.07) is 11.0. The van der Waals surface area contributed by atoms with Crippen LogP contribution in [0, 0.1) is 11.6 Å². The van der Waals surface area contributed by atoms with Crippen molar-refractivity contribution in [1.82, 2.24) is 0 Å². The molecule has 0 saturated carbocycles. The number of hydrogen-bond donors (Lipinski definition) is 1. The summed E-state index contributed by atoms with van der Waals surface area (Å²) in [5, 5.41) is 0. The van der Waals surface area contributed by atoms with Gasteiger partial charge in [-0.3, -0.25) is 0 Å². The second kappa shape index (κ2) is 6.01. The molecule has 0 radical (unpaired) electrons. The fourth-order valence-electron chi connectivity index (χ4n) is 2.06. The molecule has 0 amide bonds. The fourth-order valence-corrected chi connectivity index (χ4v) is 2.06. The van der Waals surface area contributed by atoms with Crippen LogP contribution >= 0.6 is 0 Å². The summed E-state index contributed by atoms with van der Waals surface area (Å²) in [6.07, 6.45) is 0. The summed E-state index contributed by atoms with van der Waals surface area (Å²) >= 11 is 0. The summed E-state index contributed by atoms with van der Waals surface area (Å²) in [7, 11) is 1.80. The number of halogens is 2. The third-order valence-electron chi connectivity index (χ3n) is 3.24. The normalized spacial score (nSPS) is 12.2. The Labute approximate surface area is 117 Å². The molecule has 0 aromatic heterocycles. The van der Waals surface area contributed by atoms with Crippen molar-refractivity contribution in [3.05, 3.63) is 65.2 Å². The lowest BCUT2D eigenvalue weighted by Crippen LogP contribution is -2.18. The Morgan fingerprint density at radius 1 is 1.10 bits per heavy atom. The maximum absolute atomic E-state index is 14.1. The van der Waals surface area contributed by atoms with Gasteiger partial charge in [0.1, 0.15) is 11.6 Å². The van der Waals surface area contributed by atoms with Crippen molar-refractivity contribution in [2.45, 2.75) is 19.5 Å². The number of benzene rings is 2. The van der Waals surface area contributed by atoms with Crippen molar-refractivity contribution in [2.24, 2.45) is 5.73 Å². The van der Waals surface area contributed by atoms with E-state index in [0.717, 1.165) is 11.1 Å². The zero-order valence-corrected chi connectivity index (χ0v) is 11.6. The van der Waals surface area contributed by atoms with E-state index in [9.17, 15) is 8.78 Å². The molecule has 20 heavy (non-hydrogen) atoms. The van der Waals surface area contributed by atoms with Crippen LogP contribution in [0.15, 0.2) is 42.5 Å². The lowest BCUT2D eigenvalue weighted by Gasteiger charge is -2.21. The van der Waals surface area contributed by atoms with Gasteiger partial charge in [0.05, 0.1) is 5.69 Å². The second-order valence-corrected chi connectivity index (χ2v) is 4.98. The van der Waals surface area contributed by atoms with Crippen LogP contribution in [0.1, 0.15) is 24.1 Å². The Morgan fingerprint density at radius 2 is 1.75 bits per heavy atom. The van der Waals surface area contributed by atoms with Gasteiger partial charge in [-0.15, -0.1) is 0 Å². The first kappa shape index (κ1) is 14.5. The molecule has 0 saturated heterocycles. The number of hydrogen-bond acceptors (Lipinski definition) is 2. The molecule has 0 heterocycles. The largest absolute Gasteiger partial charge is 0.368 e. The van der Waals surface area contributed by atoms with Crippen molar-refractivity contribution in [2.75, 3.05) is 11.9 Å². The van der Waals surface area contributed by atoms with Gasteiger partial charge in [0.25, 0.3) is 0 Å². The molecule has 2 aromatic carbocycles. The first-order valence-electron chi connectivity index (χ1n) is 6.48. The van der Waals surface area contributed by atoms with E-state index in [4.69, 9.17) is 5.73 Å². The van der Waals surface area contributed by atoms with Crippen molar-refractivity contribution in [1.29, 1.82) is 0 Å². The summed E-state index contributed by atoms with van der Waals surface area (Å²) < 4.78 is 26.9. The molecule has 0 bridgehead atoms. The topological polar surface area (TPSA) is 29.3 Å². The minimum absolute atomic E-state index is 0.194. The first-order chi connectivity index (χ1) is 9.47. The zero-order chi connectivity index (χ0) is 14.7. The fraction of sp³-hybridized carbons (Fsp3) is 0.250. The van der Waals surface area contributed by atoms with Gasteiger partial charge in [-0.1, -0.05) is 18.2 Å². The molecule has 4 heteroatoms. The van der Waals surface area contributed by atoms with E-state index in [0.29, 0.717) is 12.2 Å². The molecule has 2 N–H and O–H groups in total. The van der Waals surface area contributed by atoms with Crippen LogP contribution in [0.25, 0.3) is 0 Å². The SMILES string of the molecule is CC(N)c1ccc(N(C)Cc2ccc(F)cc2)c(F)c1. The van der Waals surface area contributed by atoms with Crippen LogP contribution in [-0.2, 0) is 6.54 Å². The first-order valence-corrected chi connectivity index (χ1v) is 6.48. The third-order valence-corrected chi connectivity index (χ3v) is 3.24. The third kappa shape index (κ3) is 3.33. The van der Waals surface area contributed by atoms with Gasteiger partial charge in [0, 0.05) is 19.6 Å². The summed E-state index contributed by atoms with van der Waals surface area (Å²) in [4.78, 5) is 1.79. The highest BCUT2D eigenvalue weighted by Gasteiger charge is 2.10. The molecular weight excluding hydrogens is 258 g/mol. The number of nitrogens with two attached hydrogens (primary N) is 1.